The lowest BCUT2D eigenvalue weighted by Crippen LogP contribution is -2.64. The highest BCUT2D eigenvalue weighted by Gasteiger charge is 2.49. The van der Waals surface area contributed by atoms with Gasteiger partial charge in [-0.25, -0.2) is 0 Å². The Hall–Kier alpha value is 0.274. The zero-order valence-corrected chi connectivity index (χ0v) is 29.4. The molecule has 0 unspecified atom stereocenters. The van der Waals surface area contributed by atoms with Crippen molar-refractivity contribution in [2.24, 2.45) is 4.74 Å². The lowest BCUT2D eigenvalue weighted by Gasteiger charge is -2.51. The van der Waals surface area contributed by atoms with Gasteiger partial charge in [-0.3, -0.25) is 4.74 Å². The number of rotatable bonds is 7. The summed E-state index contributed by atoms with van der Waals surface area (Å²) >= 11 is 0. The molecule has 0 fully saturated rings. The van der Waals surface area contributed by atoms with Crippen LogP contribution in [0.4, 0.5) is 5.69 Å². The van der Waals surface area contributed by atoms with Crippen LogP contribution < -0.4 is 4.65 Å². The molecule has 0 saturated heterocycles. The predicted molar refractivity (Wildman–Crippen MR) is 169 cm³/mol. The number of hydrogen-bond acceptors (Lipinski definition) is 2. The lowest BCUT2D eigenvalue weighted by atomic mass is 10.2. The highest BCUT2D eigenvalue weighted by Crippen LogP contribution is 2.71. The van der Waals surface area contributed by atoms with Crippen molar-refractivity contribution in [2.75, 3.05) is 11.6 Å². The summed E-state index contributed by atoms with van der Waals surface area (Å²) in [6.45, 7) is 39.8. The summed E-state index contributed by atoms with van der Waals surface area (Å²) in [4.78, 5) is 0. The van der Waals surface area contributed by atoms with E-state index in [4.69, 9.17) is 4.74 Å². The number of benzene rings is 1. The van der Waals surface area contributed by atoms with Gasteiger partial charge in [0.1, 0.15) is 16.5 Å². The maximum absolute atomic E-state index is 5.71. The van der Waals surface area contributed by atoms with Crippen molar-refractivity contribution in [3.8, 4) is 0 Å². The summed E-state index contributed by atoms with van der Waals surface area (Å²) in [5.41, 5.74) is 1.16. The van der Waals surface area contributed by atoms with E-state index in [-0.39, 0.29) is 18.2 Å². The van der Waals surface area contributed by atoms with E-state index < -0.39 is 23.5 Å². The van der Waals surface area contributed by atoms with Gasteiger partial charge in [0.15, 0.2) is 0 Å². The zero-order chi connectivity index (χ0) is 27.0. The SMILES string of the molecule is CC(C)(C)P(C[Si](C)(C)N[Si](C)(C)CP(=Nc1ccccc1)(C(C)(C)C)C(C)(C)C)C(C)(C)C. The lowest BCUT2D eigenvalue weighted by molar-refractivity contribution is 0.696. The van der Waals surface area contributed by atoms with Crippen LogP contribution in [0.2, 0.25) is 26.2 Å². The van der Waals surface area contributed by atoms with E-state index in [0.717, 1.165) is 5.69 Å². The van der Waals surface area contributed by atoms with Crippen molar-refractivity contribution in [3.63, 3.8) is 0 Å². The van der Waals surface area contributed by atoms with Gasteiger partial charge in [0, 0.05) is 0 Å². The van der Waals surface area contributed by atoms with Gasteiger partial charge in [-0.15, -0.1) is 0 Å². The van der Waals surface area contributed by atoms with Crippen LogP contribution in [0.5, 0.6) is 0 Å². The molecule has 198 valence electrons. The van der Waals surface area contributed by atoms with Crippen LogP contribution in [0.15, 0.2) is 35.1 Å². The molecule has 0 radical (unpaired) electrons. The topological polar surface area (TPSA) is 24.4 Å². The number of hydrogen-bond donors (Lipinski definition) is 1. The predicted octanol–water partition coefficient (Wildman–Crippen LogP) is 10.3. The van der Waals surface area contributed by atoms with Gasteiger partial charge in [-0.1, -0.05) is 135 Å². The van der Waals surface area contributed by atoms with Crippen LogP contribution in [0.3, 0.4) is 0 Å². The summed E-state index contributed by atoms with van der Waals surface area (Å²) in [6.07, 6.45) is 0. The van der Waals surface area contributed by atoms with E-state index in [1.54, 1.807) is 0 Å². The maximum Gasteiger partial charge on any atom is 0.118 e. The highest BCUT2D eigenvalue weighted by molar-refractivity contribution is 7.71. The van der Waals surface area contributed by atoms with E-state index in [2.05, 4.69) is 144 Å². The summed E-state index contributed by atoms with van der Waals surface area (Å²) in [6, 6.07) is 10.8. The molecule has 0 aliphatic carbocycles. The van der Waals surface area contributed by atoms with Gasteiger partial charge in [0.2, 0.25) is 0 Å². The van der Waals surface area contributed by atoms with Gasteiger partial charge in [0.05, 0.1) is 5.69 Å². The quantitative estimate of drug-likeness (QED) is 0.270. The monoisotopic (exact) mass is 540 g/mol. The third-order valence-corrected chi connectivity index (χ3v) is 29.8. The summed E-state index contributed by atoms with van der Waals surface area (Å²) < 4.78 is 10.2. The minimum Gasteiger partial charge on any atom is -0.359 e. The van der Waals surface area contributed by atoms with E-state index in [1.165, 1.54) is 11.6 Å². The molecule has 0 heterocycles. The minimum atomic E-state index is -1.75. The van der Waals surface area contributed by atoms with Crippen molar-refractivity contribution < 1.29 is 0 Å². The molecule has 0 aromatic heterocycles. The first-order valence-corrected chi connectivity index (χ1v) is 22.9. The molecule has 0 saturated carbocycles. The second kappa shape index (κ2) is 10.6. The van der Waals surface area contributed by atoms with E-state index >= 15 is 0 Å². The largest absolute Gasteiger partial charge is 0.359 e. The van der Waals surface area contributed by atoms with Gasteiger partial charge in [-0.05, 0) is 51.4 Å². The third kappa shape index (κ3) is 8.69. The second-order valence-electron chi connectivity index (χ2n) is 15.5. The smallest absolute Gasteiger partial charge is 0.118 e. The summed E-state index contributed by atoms with van der Waals surface area (Å²) in [5.74, 6) is 2.64. The molecule has 0 spiro atoms. The first-order chi connectivity index (χ1) is 14.8. The molecule has 6 heteroatoms. The third-order valence-electron chi connectivity index (χ3n) is 6.74. The van der Waals surface area contributed by atoms with E-state index in [9.17, 15) is 0 Å². The van der Waals surface area contributed by atoms with Crippen LogP contribution >= 0.6 is 15.0 Å². The Kier molecular flexibility index (Phi) is 10.0. The van der Waals surface area contributed by atoms with Gasteiger partial charge in [0.25, 0.3) is 0 Å². The fraction of sp³-hybridized carbons (Fsp3) is 0.786. The molecule has 34 heavy (non-hydrogen) atoms. The summed E-state index contributed by atoms with van der Waals surface area (Å²) in [5, 5.41) is 1.06. The van der Waals surface area contributed by atoms with Crippen LogP contribution in [-0.4, -0.2) is 48.7 Å². The molecule has 0 bridgehead atoms. The maximum atomic E-state index is 5.71. The van der Waals surface area contributed by atoms with Crippen molar-refractivity contribution in [2.45, 2.75) is 130 Å². The average Bonchev–Trinajstić information content (AvgIpc) is 2.55. The molecule has 1 N–H and O–H groups in total. The fourth-order valence-corrected chi connectivity index (χ4v) is 36.1. The first kappa shape index (κ1) is 32.3. The highest BCUT2D eigenvalue weighted by atomic mass is 31.2. The number of nitrogens with zero attached hydrogens (tertiary/aromatic N) is 1. The molecular weight excluding hydrogens is 482 g/mol. The van der Waals surface area contributed by atoms with Gasteiger partial charge >= 0.3 is 0 Å². The molecule has 0 aliphatic rings. The molecule has 0 aliphatic heterocycles. The molecular formula is C28H58N2P2Si2. The van der Waals surface area contributed by atoms with Gasteiger partial charge in [-0.2, -0.15) is 0 Å². The van der Waals surface area contributed by atoms with Crippen molar-refractivity contribution in [3.05, 3.63) is 30.3 Å². The van der Waals surface area contributed by atoms with Gasteiger partial charge < -0.3 is 4.65 Å². The number of nitrogens with one attached hydrogen (secondary N) is 1. The minimum absolute atomic E-state index is 0.0947. The van der Waals surface area contributed by atoms with Crippen molar-refractivity contribution in [1.29, 1.82) is 0 Å². The molecule has 0 atom stereocenters. The molecule has 1 rings (SSSR count). The standard InChI is InChI=1S/C28H58N2P2Si2/c1-25(2,3)31(26(4,5)6)22-33(13,14)30-34(15,16)23-32(27(7,8)9,28(10,11)12)29-24-20-18-17-19-21-24/h17-21,30H,22-23H2,1-16H3. The Morgan fingerprint density at radius 2 is 1.12 bits per heavy atom. The zero-order valence-electron chi connectivity index (χ0n) is 25.6. The normalized spacial score (nSPS) is 15.1. The van der Waals surface area contributed by atoms with Crippen LogP contribution in [0.25, 0.3) is 0 Å². The molecule has 1 aromatic carbocycles. The molecule has 1 aromatic rings. The van der Waals surface area contributed by atoms with Crippen LogP contribution in [0, 0.1) is 0 Å². The Labute approximate surface area is 217 Å². The van der Waals surface area contributed by atoms with E-state index in [1.807, 2.05) is 0 Å². The van der Waals surface area contributed by atoms with Crippen LogP contribution in [0.1, 0.15) is 83.1 Å². The second-order valence-corrected chi connectivity index (χ2v) is 34.6. The summed E-state index contributed by atoms with van der Waals surface area (Å²) in [7, 11) is -5.21. The van der Waals surface area contributed by atoms with Crippen molar-refractivity contribution in [1.82, 2.24) is 4.65 Å². The first-order valence-electron chi connectivity index (χ1n) is 13.1. The Morgan fingerprint density at radius 3 is 1.47 bits per heavy atom. The van der Waals surface area contributed by atoms with E-state index in [0.29, 0.717) is 10.3 Å². The fourth-order valence-electron chi connectivity index (χ4n) is 5.95. The van der Waals surface area contributed by atoms with Crippen molar-refractivity contribution >= 4 is 37.1 Å². The Morgan fingerprint density at radius 1 is 0.706 bits per heavy atom. The Bertz CT molecular complexity index is 818. The van der Waals surface area contributed by atoms with Crippen LogP contribution in [-0.2, 0) is 0 Å². The Balaban J connectivity index is 3.50. The molecule has 0 amide bonds. The molecule has 2 nitrogen and oxygen atoms in total. The average molecular weight is 541 g/mol.